The summed E-state index contributed by atoms with van der Waals surface area (Å²) in [5.41, 5.74) is 2.55. The molecule has 0 spiro atoms. The van der Waals surface area contributed by atoms with Gasteiger partial charge in [0.2, 0.25) is 0 Å². The van der Waals surface area contributed by atoms with Crippen molar-refractivity contribution < 1.29 is 0 Å². The molecular weight excluding hydrogens is 271 g/mol. The van der Waals surface area contributed by atoms with Crippen LogP contribution in [0, 0.1) is 0 Å². The lowest BCUT2D eigenvalue weighted by atomic mass is 10.0. The van der Waals surface area contributed by atoms with Gasteiger partial charge in [-0.3, -0.25) is 0 Å². The number of aryl methyl sites for hydroxylation is 1. The second-order valence-corrected chi connectivity index (χ2v) is 9.24. The zero-order valence-electron chi connectivity index (χ0n) is 14.1. The van der Waals surface area contributed by atoms with Gasteiger partial charge in [0.1, 0.15) is 0 Å². The van der Waals surface area contributed by atoms with E-state index in [9.17, 15) is 0 Å². The van der Waals surface area contributed by atoms with E-state index in [1.54, 1.807) is 5.30 Å². The van der Waals surface area contributed by atoms with E-state index in [2.05, 4.69) is 38.1 Å². The third kappa shape index (κ3) is 5.41. The van der Waals surface area contributed by atoms with Crippen molar-refractivity contribution in [2.45, 2.75) is 83.7 Å². The smallest absolute Gasteiger partial charge is 0.0169 e. The number of hydrogen-bond acceptors (Lipinski definition) is 0. The van der Waals surface area contributed by atoms with E-state index in [1.165, 1.54) is 75.9 Å². The van der Waals surface area contributed by atoms with Crippen molar-refractivity contribution in [3.63, 3.8) is 0 Å². The van der Waals surface area contributed by atoms with Crippen molar-refractivity contribution in [3.8, 4) is 0 Å². The number of unbranched alkanes of at least 4 members (excludes halogenated alkanes) is 2. The fourth-order valence-corrected chi connectivity index (χ4v) is 6.70. The van der Waals surface area contributed by atoms with Gasteiger partial charge in [-0.05, 0) is 54.8 Å². The largest absolute Gasteiger partial charge is 0.0721 e. The summed E-state index contributed by atoms with van der Waals surface area (Å²) < 4.78 is 0. The normalized spacial score (nSPS) is 17.8. The average Bonchev–Trinajstić information content (AvgIpc) is 2.55. The first-order valence-corrected chi connectivity index (χ1v) is 10.8. The minimum atomic E-state index is 0.0949. The highest BCUT2D eigenvalue weighted by molar-refractivity contribution is 7.66. The molecule has 1 saturated carbocycles. The Balaban J connectivity index is 2.04. The van der Waals surface area contributed by atoms with Crippen LogP contribution in [0.4, 0.5) is 0 Å². The van der Waals surface area contributed by atoms with Crippen LogP contribution in [0.3, 0.4) is 0 Å². The second-order valence-electron chi connectivity index (χ2n) is 6.61. The van der Waals surface area contributed by atoms with Gasteiger partial charge in [-0.2, -0.15) is 0 Å². The van der Waals surface area contributed by atoms with Gasteiger partial charge in [-0.25, -0.2) is 0 Å². The molecule has 1 atom stereocenters. The first-order chi connectivity index (χ1) is 10.3. The molecule has 0 radical (unpaired) electrons. The molecule has 0 aliphatic heterocycles. The number of hydrogen-bond donors (Lipinski definition) is 0. The molecule has 0 saturated heterocycles. The van der Waals surface area contributed by atoms with Crippen molar-refractivity contribution in [3.05, 3.63) is 29.8 Å². The van der Waals surface area contributed by atoms with Crippen LogP contribution >= 0.6 is 7.92 Å². The lowest BCUT2D eigenvalue weighted by Crippen LogP contribution is -2.19. The quantitative estimate of drug-likeness (QED) is 0.496. The van der Waals surface area contributed by atoms with Gasteiger partial charge >= 0.3 is 0 Å². The van der Waals surface area contributed by atoms with Crippen LogP contribution in [0.1, 0.15) is 77.2 Å². The SMILES string of the molecule is CCCCc1ccc(P(CCCC)C2CCCCC2)cc1. The Morgan fingerprint density at radius 1 is 0.905 bits per heavy atom. The van der Waals surface area contributed by atoms with E-state index in [0.717, 1.165) is 5.66 Å². The molecule has 1 fully saturated rings. The van der Waals surface area contributed by atoms with E-state index in [0.29, 0.717) is 0 Å². The van der Waals surface area contributed by atoms with E-state index < -0.39 is 0 Å². The maximum atomic E-state index is 2.47. The summed E-state index contributed by atoms with van der Waals surface area (Å²) in [6, 6.07) is 9.77. The Morgan fingerprint density at radius 2 is 1.57 bits per heavy atom. The summed E-state index contributed by atoms with van der Waals surface area (Å²) >= 11 is 0. The number of rotatable bonds is 8. The first kappa shape index (κ1) is 17.0. The van der Waals surface area contributed by atoms with Crippen LogP contribution in [-0.2, 0) is 6.42 Å². The monoisotopic (exact) mass is 304 g/mol. The van der Waals surface area contributed by atoms with Crippen molar-refractivity contribution in [2.24, 2.45) is 0 Å². The molecule has 1 aromatic carbocycles. The van der Waals surface area contributed by atoms with Crippen LogP contribution < -0.4 is 5.30 Å². The van der Waals surface area contributed by atoms with Crippen molar-refractivity contribution in [1.82, 2.24) is 0 Å². The average molecular weight is 304 g/mol. The van der Waals surface area contributed by atoms with Crippen molar-refractivity contribution in [1.29, 1.82) is 0 Å². The Hall–Kier alpha value is -0.350. The third-order valence-electron chi connectivity index (χ3n) is 4.86. The van der Waals surface area contributed by atoms with Crippen LogP contribution in [0.2, 0.25) is 0 Å². The third-order valence-corrected chi connectivity index (χ3v) is 8.01. The van der Waals surface area contributed by atoms with E-state index in [1.807, 2.05) is 0 Å². The summed E-state index contributed by atoms with van der Waals surface area (Å²) in [6.45, 7) is 4.61. The minimum Gasteiger partial charge on any atom is -0.0721 e. The van der Waals surface area contributed by atoms with Gasteiger partial charge in [-0.15, -0.1) is 0 Å². The maximum absolute atomic E-state index is 2.47. The highest BCUT2D eigenvalue weighted by Crippen LogP contribution is 2.47. The summed E-state index contributed by atoms with van der Waals surface area (Å²) in [7, 11) is 0.0949. The lowest BCUT2D eigenvalue weighted by molar-refractivity contribution is 0.511. The predicted molar refractivity (Wildman–Crippen MR) is 98.3 cm³/mol. The highest BCUT2D eigenvalue weighted by atomic mass is 31.1. The molecule has 1 aliphatic carbocycles. The molecule has 1 heteroatoms. The van der Waals surface area contributed by atoms with Gasteiger partial charge in [0.15, 0.2) is 0 Å². The molecule has 0 bridgehead atoms. The van der Waals surface area contributed by atoms with Crippen LogP contribution in [-0.4, -0.2) is 11.8 Å². The van der Waals surface area contributed by atoms with Crippen LogP contribution in [0.5, 0.6) is 0 Å². The first-order valence-electron chi connectivity index (χ1n) is 9.20. The van der Waals surface area contributed by atoms with E-state index >= 15 is 0 Å². The molecule has 118 valence electrons. The molecular formula is C20H33P. The van der Waals surface area contributed by atoms with Crippen LogP contribution in [0.25, 0.3) is 0 Å². The Kier molecular flexibility index (Phi) is 7.80. The standard InChI is InChI=1S/C20H33P/c1-3-5-10-18-13-15-20(16-14-18)21(17-6-4-2)19-11-8-7-9-12-19/h13-16,19H,3-12,17H2,1-2H3. The van der Waals surface area contributed by atoms with E-state index in [-0.39, 0.29) is 7.92 Å². The molecule has 0 heterocycles. The molecule has 21 heavy (non-hydrogen) atoms. The topological polar surface area (TPSA) is 0 Å². The second kappa shape index (κ2) is 9.62. The van der Waals surface area contributed by atoms with Gasteiger partial charge in [0, 0.05) is 0 Å². The van der Waals surface area contributed by atoms with Crippen molar-refractivity contribution in [2.75, 3.05) is 6.16 Å². The molecule has 1 unspecified atom stereocenters. The molecule has 0 N–H and O–H groups in total. The summed E-state index contributed by atoms with van der Waals surface area (Å²) in [5.74, 6) is 0. The van der Waals surface area contributed by atoms with Gasteiger partial charge in [0.25, 0.3) is 0 Å². The summed E-state index contributed by atoms with van der Waals surface area (Å²) in [6.07, 6.45) is 15.5. The van der Waals surface area contributed by atoms with Crippen molar-refractivity contribution >= 4 is 13.2 Å². The minimum absolute atomic E-state index is 0.0949. The number of benzene rings is 1. The Labute approximate surface area is 133 Å². The van der Waals surface area contributed by atoms with Crippen LogP contribution in [0.15, 0.2) is 24.3 Å². The summed E-state index contributed by atoms with van der Waals surface area (Å²) in [4.78, 5) is 0. The van der Waals surface area contributed by atoms with Gasteiger partial charge < -0.3 is 0 Å². The van der Waals surface area contributed by atoms with Gasteiger partial charge in [-0.1, -0.05) is 78.1 Å². The fourth-order valence-electron chi connectivity index (χ4n) is 3.48. The zero-order valence-corrected chi connectivity index (χ0v) is 15.0. The molecule has 0 amide bonds. The predicted octanol–water partition coefficient (Wildman–Crippen LogP) is 6.27. The maximum Gasteiger partial charge on any atom is -0.0169 e. The molecule has 1 aromatic rings. The molecule has 0 aromatic heterocycles. The van der Waals surface area contributed by atoms with E-state index in [4.69, 9.17) is 0 Å². The Bertz CT molecular complexity index is 375. The summed E-state index contributed by atoms with van der Waals surface area (Å²) in [5, 5.41) is 1.69. The Morgan fingerprint density at radius 3 is 2.19 bits per heavy atom. The fraction of sp³-hybridized carbons (Fsp3) is 0.700. The van der Waals surface area contributed by atoms with Gasteiger partial charge in [0.05, 0.1) is 0 Å². The zero-order chi connectivity index (χ0) is 14.9. The molecule has 0 nitrogen and oxygen atoms in total. The molecule has 1 aliphatic rings. The highest BCUT2D eigenvalue weighted by Gasteiger charge is 2.24. The molecule has 2 rings (SSSR count). The lowest BCUT2D eigenvalue weighted by Gasteiger charge is -2.31.